The molecule has 0 N–H and O–H groups in total. The van der Waals surface area contributed by atoms with Crippen molar-refractivity contribution in [1.29, 1.82) is 0 Å². The van der Waals surface area contributed by atoms with E-state index in [1.807, 2.05) is 0 Å². The Morgan fingerprint density at radius 2 is 1.82 bits per heavy atom. The Morgan fingerprint density at radius 3 is 2.24 bits per heavy atom. The van der Waals surface area contributed by atoms with E-state index < -0.39 is 17.6 Å². The first-order valence-corrected chi connectivity index (χ1v) is 5.66. The third kappa shape index (κ3) is 3.87. The highest BCUT2D eigenvalue weighted by Gasteiger charge is 2.34. The first-order chi connectivity index (χ1) is 7.71. The molecule has 5 heteroatoms. The highest BCUT2D eigenvalue weighted by molar-refractivity contribution is 6.20. The Kier molecular flexibility index (Phi) is 4.42. The van der Waals surface area contributed by atoms with Crippen molar-refractivity contribution < 1.29 is 17.6 Å². The molecule has 0 saturated heterocycles. The van der Waals surface area contributed by atoms with E-state index in [1.165, 1.54) is 6.07 Å². The van der Waals surface area contributed by atoms with Crippen molar-refractivity contribution in [3.8, 4) is 0 Å². The van der Waals surface area contributed by atoms with Crippen LogP contribution >= 0.6 is 11.6 Å². The summed E-state index contributed by atoms with van der Waals surface area (Å²) in [7, 11) is 0. The molecule has 17 heavy (non-hydrogen) atoms. The molecule has 2 atom stereocenters. The molecule has 0 aromatic heterocycles. The van der Waals surface area contributed by atoms with Gasteiger partial charge >= 0.3 is 6.18 Å². The van der Waals surface area contributed by atoms with Gasteiger partial charge in [-0.15, -0.1) is 11.6 Å². The third-order valence-corrected chi connectivity index (χ3v) is 2.72. The minimum Gasteiger partial charge on any atom is -0.206 e. The molecule has 2 unspecified atom stereocenters. The summed E-state index contributed by atoms with van der Waals surface area (Å²) >= 11 is 5.79. The summed E-state index contributed by atoms with van der Waals surface area (Å²) in [5.74, 6) is -1.30. The zero-order valence-corrected chi connectivity index (χ0v) is 10.2. The molecule has 1 aromatic rings. The quantitative estimate of drug-likeness (QED) is 0.536. The Morgan fingerprint density at radius 1 is 1.24 bits per heavy atom. The molecule has 0 nitrogen and oxygen atoms in total. The summed E-state index contributed by atoms with van der Waals surface area (Å²) in [5.41, 5.74) is -0.699. The highest BCUT2D eigenvalue weighted by Crippen LogP contribution is 2.33. The molecule has 96 valence electrons. The Hall–Kier alpha value is -0.770. The van der Waals surface area contributed by atoms with Crippen LogP contribution < -0.4 is 0 Å². The first-order valence-electron chi connectivity index (χ1n) is 5.22. The molecule has 0 bridgehead atoms. The van der Waals surface area contributed by atoms with Crippen molar-refractivity contribution in [2.24, 2.45) is 0 Å². The standard InChI is InChI=1S/C12H13ClF4/c1-7(5-8(2)13)9-3-4-10(11(14)6-9)12(15,16)17/h3-4,6-8H,5H2,1-2H3. The Labute approximate surface area is 103 Å². The average Bonchev–Trinajstić information content (AvgIpc) is 2.14. The molecule has 0 aliphatic heterocycles. The SMILES string of the molecule is CC(Cl)CC(C)c1ccc(C(F)(F)F)c(F)c1. The zero-order valence-electron chi connectivity index (χ0n) is 9.48. The van der Waals surface area contributed by atoms with Crippen LogP contribution in [0, 0.1) is 5.82 Å². The first kappa shape index (κ1) is 14.3. The minimum atomic E-state index is -4.65. The van der Waals surface area contributed by atoms with Gasteiger partial charge in [0.15, 0.2) is 0 Å². The van der Waals surface area contributed by atoms with Crippen LogP contribution in [0.2, 0.25) is 0 Å². The highest BCUT2D eigenvalue weighted by atomic mass is 35.5. The van der Waals surface area contributed by atoms with Gasteiger partial charge in [-0.05, 0) is 37.0 Å². The van der Waals surface area contributed by atoms with Gasteiger partial charge in [-0.1, -0.05) is 13.0 Å². The second-order valence-electron chi connectivity index (χ2n) is 4.15. The van der Waals surface area contributed by atoms with Crippen LogP contribution in [-0.4, -0.2) is 5.38 Å². The van der Waals surface area contributed by atoms with Crippen molar-refractivity contribution in [1.82, 2.24) is 0 Å². The largest absolute Gasteiger partial charge is 0.419 e. The predicted octanol–water partition coefficient (Wildman–Crippen LogP) is 4.97. The topological polar surface area (TPSA) is 0 Å². The summed E-state index contributed by atoms with van der Waals surface area (Å²) in [6.45, 7) is 3.60. The van der Waals surface area contributed by atoms with Crippen LogP contribution in [0.25, 0.3) is 0 Å². The van der Waals surface area contributed by atoms with Crippen molar-refractivity contribution in [2.75, 3.05) is 0 Å². The van der Waals surface area contributed by atoms with Crippen LogP contribution in [0.3, 0.4) is 0 Å². The maximum Gasteiger partial charge on any atom is 0.419 e. The molecule has 0 radical (unpaired) electrons. The second kappa shape index (κ2) is 5.25. The molecule has 0 heterocycles. The smallest absolute Gasteiger partial charge is 0.206 e. The van der Waals surface area contributed by atoms with Gasteiger partial charge in [0.2, 0.25) is 0 Å². The molecular weight excluding hydrogens is 256 g/mol. The Bertz CT molecular complexity index is 385. The van der Waals surface area contributed by atoms with Gasteiger partial charge in [0, 0.05) is 5.38 Å². The third-order valence-electron chi connectivity index (χ3n) is 2.55. The molecular formula is C12H13ClF4. The summed E-state index contributed by atoms with van der Waals surface area (Å²) in [6.07, 6.45) is -4.06. The van der Waals surface area contributed by atoms with Crippen molar-refractivity contribution in [2.45, 2.75) is 37.7 Å². The van der Waals surface area contributed by atoms with E-state index >= 15 is 0 Å². The van der Waals surface area contributed by atoms with Crippen LogP contribution in [-0.2, 0) is 6.18 Å². The molecule has 0 aliphatic rings. The van der Waals surface area contributed by atoms with Gasteiger partial charge in [0.25, 0.3) is 0 Å². The fourth-order valence-electron chi connectivity index (χ4n) is 1.69. The summed E-state index contributed by atoms with van der Waals surface area (Å²) in [4.78, 5) is 0. The number of halogens is 5. The monoisotopic (exact) mass is 268 g/mol. The molecule has 0 spiro atoms. The fourth-order valence-corrected chi connectivity index (χ4v) is 1.96. The number of alkyl halides is 4. The number of rotatable bonds is 3. The second-order valence-corrected chi connectivity index (χ2v) is 4.90. The lowest BCUT2D eigenvalue weighted by atomic mass is 9.95. The predicted molar refractivity (Wildman–Crippen MR) is 59.7 cm³/mol. The maximum atomic E-state index is 13.3. The van der Waals surface area contributed by atoms with Gasteiger partial charge in [0.05, 0.1) is 5.56 Å². The van der Waals surface area contributed by atoms with E-state index in [2.05, 4.69) is 0 Å². The lowest BCUT2D eigenvalue weighted by Gasteiger charge is -2.15. The lowest BCUT2D eigenvalue weighted by Crippen LogP contribution is -2.09. The van der Waals surface area contributed by atoms with Gasteiger partial charge in [-0.3, -0.25) is 0 Å². The van der Waals surface area contributed by atoms with Crippen molar-refractivity contribution >= 4 is 11.6 Å². The average molecular weight is 269 g/mol. The van der Waals surface area contributed by atoms with E-state index in [0.29, 0.717) is 12.0 Å². The van der Waals surface area contributed by atoms with E-state index in [9.17, 15) is 17.6 Å². The van der Waals surface area contributed by atoms with Crippen molar-refractivity contribution in [3.05, 3.63) is 35.1 Å². The summed E-state index contributed by atoms with van der Waals surface area (Å²) in [6, 6.07) is 3.02. The fraction of sp³-hybridized carbons (Fsp3) is 0.500. The zero-order chi connectivity index (χ0) is 13.2. The molecule has 0 amide bonds. The number of hydrogen-bond acceptors (Lipinski definition) is 0. The van der Waals surface area contributed by atoms with Crippen molar-refractivity contribution in [3.63, 3.8) is 0 Å². The van der Waals surface area contributed by atoms with E-state index in [4.69, 9.17) is 11.6 Å². The van der Waals surface area contributed by atoms with Gasteiger partial charge in [0.1, 0.15) is 5.82 Å². The summed E-state index contributed by atoms with van der Waals surface area (Å²) < 4.78 is 50.3. The lowest BCUT2D eigenvalue weighted by molar-refractivity contribution is -0.140. The molecule has 1 rings (SSSR count). The maximum absolute atomic E-state index is 13.3. The van der Waals surface area contributed by atoms with Crippen LogP contribution in [0.5, 0.6) is 0 Å². The van der Waals surface area contributed by atoms with E-state index in [1.54, 1.807) is 13.8 Å². The van der Waals surface area contributed by atoms with Gasteiger partial charge < -0.3 is 0 Å². The van der Waals surface area contributed by atoms with Crippen LogP contribution in [0.15, 0.2) is 18.2 Å². The minimum absolute atomic E-state index is 0.0701. The molecule has 0 aliphatic carbocycles. The molecule has 0 saturated carbocycles. The van der Waals surface area contributed by atoms with E-state index in [0.717, 1.165) is 12.1 Å². The van der Waals surface area contributed by atoms with Crippen LogP contribution in [0.4, 0.5) is 17.6 Å². The normalized spacial score (nSPS) is 15.7. The number of benzene rings is 1. The van der Waals surface area contributed by atoms with Gasteiger partial charge in [-0.2, -0.15) is 13.2 Å². The summed E-state index contributed by atoms with van der Waals surface area (Å²) in [5, 5.41) is -0.102. The van der Waals surface area contributed by atoms with Gasteiger partial charge in [-0.25, -0.2) is 4.39 Å². The Balaban J connectivity index is 2.97. The molecule has 1 aromatic carbocycles. The van der Waals surface area contributed by atoms with E-state index in [-0.39, 0.29) is 11.3 Å². The number of hydrogen-bond donors (Lipinski definition) is 0. The molecule has 0 fully saturated rings. The van der Waals surface area contributed by atoms with Crippen LogP contribution in [0.1, 0.15) is 37.3 Å².